The van der Waals surface area contributed by atoms with E-state index in [9.17, 15) is 0 Å². The van der Waals surface area contributed by atoms with E-state index in [2.05, 4.69) is 80.8 Å². The Hall–Kier alpha value is -1.75. The summed E-state index contributed by atoms with van der Waals surface area (Å²) in [6.07, 6.45) is 4.00. The van der Waals surface area contributed by atoms with Crippen molar-refractivity contribution in [1.29, 1.82) is 0 Å². The molecule has 0 atom stereocenters. The molecule has 0 radical (unpaired) electrons. The molecular weight excluding hydrogens is 401 g/mol. The molecule has 0 fully saturated rings. The molecule has 4 rings (SSSR count). The number of imidazole rings is 1. The van der Waals surface area contributed by atoms with Crippen LogP contribution in [0.2, 0.25) is 14.8 Å². The van der Waals surface area contributed by atoms with Crippen molar-refractivity contribution in [2.75, 3.05) is 19.0 Å². The standard InChI is InChI=1S/C17H14N3.3CH3.Sn/c1-19(2)12-7-8-16-15(11-12)13-5-3-4-6-14(13)17-18-9-10-20(16)17;;;;/h3-5,7-11H,1-2H3;3*1H3;. The summed E-state index contributed by atoms with van der Waals surface area (Å²) < 4.78 is 3.80. The fourth-order valence-electron chi connectivity index (χ4n) is 3.55. The molecule has 0 amide bonds. The van der Waals surface area contributed by atoms with Gasteiger partial charge >= 0.3 is 147 Å². The number of fused-ring (bicyclic) bond motifs is 6. The Balaban J connectivity index is 2.28. The zero-order valence-corrected chi connectivity index (χ0v) is 17.8. The van der Waals surface area contributed by atoms with Gasteiger partial charge in [0.2, 0.25) is 0 Å². The molecule has 3 nitrogen and oxygen atoms in total. The van der Waals surface area contributed by atoms with Crippen molar-refractivity contribution < 1.29 is 0 Å². The molecule has 0 saturated heterocycles. The van der Waals surface area contributed by atoms with Gasteiger partial charge in [0, 0.05) is 0 Å². The van der Waals surface area contributed by atoms with Gasteiger partial charge in [-0.15, -0.1) is 0 Å². The van der Waals surface area contributed by atoms with E-state index in [-0.39, 0.29) is 0 Å². The van der Waals surface area contributed by atoms with Crippen molar-refractivity contribution in [3.05, 3.63) is 48.8 Å². The van der Waals surface area contributed by atoms with E-state index in [0.29, 0.717) is 0 Å². The van der Waals surface area contributed by atoms with Crippen molar-refractivity contribution in [3.63, 3.8) is 0 Å². The Kier molecular flexibility index (Phi) is 3.53. The monoisotopic (exact) mass is 425 g/mol. The normalized spacial score (nSPS) is 12.4. The fourth-order valence-corrected chi connectivity index (χ4v) is 8.10. The van der Waals surface area contributed by atoms with Crippen LogP contribution in [0, 0.1) is 0 Å². The van der Waals surface area contributed by atoms with E-state index in [0.717, 1.165) is 5.65 Å². The summed E-state index contributed by atoms with van der Waals surface area (Å²) in [4.78, 5) is 14.3. The number of pyridine rings is 1. The van der Waals surface area contributed by atoms with Gasteiger partial charge in [0.05, 0.1) is 0 Å². The van der Waals surface area contributed by atoms with Gasteiger partial charge in [-0.1, -0.05) is 0 Å². The molecule has 0 spiro atoms. The van der Waals surface area contributed by atoms with E-state index in [1.165, 1.54) is 27.4 Å². The van der Waals surface area contributed by atoms with Crippen molar-refractivity contribution in [2.24, 2.45) is 0 Å². The second kappa shape index (κ2) is 5.38. The Morgan fingerprint density at radius 3 is 2.50 bits per heavy atom. The van der Waals surface area contributed by atoms with Crippen LogP contribution in [0.4, 0.5) is 5.69 Å². The number of benzene rings is 2. The van der Waals surface area contributed by atoms with Gasteiger partial charge in [-0.3, -0.25) is 0 Å². The first kappa shape index (κ1) is 15.8. The topological polar surface area (TPSA) is 20.5 Å². The van der Waals surface area contributed by atoms with Crippen LogP contribution < -0.4 is 8.48 Å². The van der Waals surface area contributed by atoms with Crippen molar-refractivity contribution in [3.8, 4) is 0 Å². The third-order valence-corrected chi connectivity index (χ3v) is 10.6. The van der Waals surface area contributed by atoms with Crippen LogP contribution >= 0.6 is 0 Å². The van der Waals surface area contributed by atoms with E-state index < -0.39 is 18.4 Å². The second-order valence-electron chi connectivity index (χ2n) is 7.69. The summed E-state index contributed by atoms with van der Waals surface area (Å²) >= 11 is -2.26. The number of rotatable bonds is 2. The average Bonchev–Trinajstić information content (AvgIpc) is 3.02. The maximum atomic E-state index is 4.71. The minimum atomic E-state index is -2.26. The molecule has 0 aliphatic heterocycles. The fraction of sp³-hybridized carbons (Fsp3) is 0.250. The molecular formula is C20H23N3Sn. The Morgan fingerprint density at radius 1 is 1.00 bits per heavy atom. The average molecular weight is 424 g/mol. The molecule has 0 unspecified atom stereocenters. The summed E-state index contributed by atoms with van der Waals surface area (Å²) in [5, 5.41) is 3.99. The van der Waals surface area contributed by atoms with Crippen LogP contribution in [-0.2, 0) is 0 Å². The molecule has 0 bridgehead atoms. The first-order valence-electron chi connectivity index (χ1n) is 8.37. The third-order valence-electron chi connectivity index (χ3n) is 4.78. The van der Waals surface area contributed by atoms with Gasteiger partial charge < -0.3 is 0 Å². The van der Waals surface area contributed by atoms with Gasteiger partial charge in [-0.2, -0.15) is 0 Å². The predicted octanol–water partition coefficient (Wildman–Crippen LogP) is 4.25. The van der Waals surface area contributed by atoms with Crippen LogP contribution in [0.15, 0.2) is 48.8 Å². The number of hydrogen-bond donors (Lipinski definition) is 0. The molecule has 0 aliphatic rings. The Morgan fingerprint density at radius 2 is 1.79 bits per heavy atom. The van der Waals surface area contributed by atoms with Gasteiger partial charge in [0.25, 0.3) is 0 Å². The van der Waals surface area contributed by atoms with Crippen LogP contribution in [0.1, 0.15) is 0 Å². The third kappa shape index (κ3) is 2.29. The molecule has 0 aliphatic carbocycles. The Bertz CT molecular complexity index is 1070. The van der Waals surface area contributed by atoms with E-state index in [4.69, 9.17) is 4.98 Å². The van der Waals surface area contributed by atoms with Gasteiger partial charge in [0.15, 0.2) is 0 Å². The van der Waals surface area contributed by atoms with Gasteiger partial charge in [0.1, 0.15) is 0 Å². The predicted molar refractivity (Wildman–Crippen MR) is 108 cm³/mol. The summed E-state index contributed by atoms with van der Waals surface area (Å²) in [6, 6.07) is 13.5. The molecule has 122 valence electrons. The van der Waals surface area contributed by atoms with Gasteiger partial charge in [-0.05, 0) is 0 Å². The van der Waals surface area contributed by atoms with Crippen molar-refractivity contribution >= 4 is 55.0 Å². The molecule has 4 heteroatoms. The van der Waals surface area contributed by atoms with Crippen molar-refractivity contribution in [2.45, 2.75) is 14.8 Å². The van der Waals surface area contributed by atoms with E-state index >= 15 is 0 Å². The minimum absolute atomic E-state index is 1.09. The summed E-state index contributed by atoms with van der Waals surface area (Å²) in [5.74, 6) is 0. The summed E-state index contributed by atoms with van der Waals surface area (Å²) in [6.45, 7) is 0. The molecule has 2 aromatic heterocycles. The van der Waals surface area contributed by atoms with Crippen LogP contribution in [0.3, 0.4) is 0 Å². The maximum absolute atomic E-state index is 4.71. The zero-order chi connectivity index (χ0) is 17.1. The van der Waals surface area contributed by atoms with E-state index in [1.807, 2.05) is 6.20 Å². The van der Waals surface area contributed by atoms with Crippen LogP contribution in [0.25, 0.3) is 27.3 Å². The molecule has 2 heterocycles. The second-order valence-corrected chi connectivity index (χ2v) is 22.1. The molecule has 24 heavy (non-hydrogen) atoms. The molecule has 0 N–H and O–H groups in total. The summed E-state index contributed by atoms with van der Waals surface area (Å²) in [5.41, 5.74) is 3.55. The van der Waals surface area contributed by atoms with Crippen LogP contribution in [-0.4, -0.2) is 41.9 Å². The summed E-state index contributed by atoms with van der Waals surface area (Å²) in [7, 11) is 4.19. The number of anilines is 1. The van der Waals surface area contributed by atoms with Crippen molar-refractivity contribution in [1.82, 2.24) is 9.38 Å². The number of hydrogen-bond acceptors (Lipinski definition) is 2. The number of nitrogens with zero attached hydrogens (tertiary/aromatic N) is 3. The van der Waals surface area contributed by atoms with E-state index in [1.54, 1.807) is 3.58 Å². The van der Waals surface area contributed by atoms with Crippen LogP contribution in [0.5, 0.6) is 0 Å². The quantitative estimate of drug-likeness (QED) is 0.355. The molecule has 4 aromatic rings. The molecule has 0 saturated carbocycles. The molecule has 2 aromatic carbocycles. The first-order valence-corrected chi connectivity index (χ1v) is 18.4. The first-order chi connectivity index (χ1) is 11.4. The number of aromatic nitrogens is 2. The SMILES string of the molecule is CN(C)c1ccc2c(c1)c1ccc[c]([Sn]([CH3])([CH3])[CH3])c1c1nccn21. The zero-order valence-electron chi connectivity index (χ0n) is 15.0. The van der Waals surface area contributed by atoms with Gasteiger partial charge in [-0.25, -0.2) is 0 Å². The Labute approximate surface area is 146 Å².